The molecule has 4 nitrogen and oxygen atoms in total. The van der Waals surface area contributed by atoms with Gasteiger partial charge in [-0.05, 0) is 47.6 Å². The number of hydrogen-bond donors (Lipinski definition) is 0. The van der Waals surface area contributed by atoms with E-state index < -0.39 is 8.80 Å². The lowest BCUT2D eigenvalue weighted by Gasteiger charge is -2.54. The van der Waals surface area contributed by atoms with Crippen molar-refractivity contribution in [3.8, 4) is 0 Å². The lowest BCUT2D eigenvalue weighted by atomic mass is 9.79. The molecule has 1 aliphatic rings. The van der Waals surface area contributed by atoms with Crippen LogP contribution in [0.2, 0.25) is 0 Å². The Balaban J connectivity index is 2.27. The molecule has 23 heavy (non-hydrogen) atoms. The van der Waals surface area contributed by atoms with Crippen LogP contribution in [-0.4, -0.2) is 52.2 Å². The molecule has 0 spiro atoms. The predicted molar refractivity (Wildman–Crippen MR) is 95.9 cm³/mol. The second-order valence-electron chi connectivity index (χ2n) is 7.66. The molecule has 0 aromatic heterocycles. The number of benzene rings is 1. The summed E-state index contributed by atoms with van der Waals surface area (Å²) in [5.41, 5.74) is 0.148. The smallest absolute Gasteiger partial charge is 0.373 e. The molecule has 0 radical (unpaired) electrons. The van der Waals surface area contributed by atoms with Gasteiger partial charge in [-0.1, -0.05) is 30.3 Å². The molecular weight excluding hydrogens is 306 g/mol. The van der Waals surface area contributed by atoms with Crippen LogP contribution in [-0.2, 0) is 13.3 Å². The molecule has 0 unspecified atom stereocenters. The Morgan fingerprint density at radius 2 is 1.43 bits per heavy atom. The normalized spacial score (nSPS) is 22.2. The molecule has 2 rings (SSSR count). The van der Waals surface area contributed by atoms with E-state index in [2.05, 4.69) is 39.6 Å². The first-order valence-electron chi connectivity index (χ1n) is 8.24. The maximum Gasteiger partial charge on any atom is 0.536 e. The highest BCUT2D eigenvalue weighted by Crippen LogP contribution is 2.39. The zero-order chi connectivity index (χ0) is 17.3. The van der Waals surface area contributed by atoms with Crippen molar-refractivity contribution >= 4 is 14.0 Å². The molecule has 1 aromatic carbocycles. The summed E-state index contributed by atoms with van der Waals surface area (Å²) in [5, 5.41) is 1.01. The molecule has 1 aromatic rings. The summed E-state index contributed by atoms with van der Waals surface area (Å²) >= 11 is 0. The highest BCUT2D eigenvalue weighted by molar-refractivity contribution is 6.75. The van der Waals surface area contributed by atoms with Gasteiger partial charge in [-0.2, -0.15) is 0 Å². The van der Waals surface area contributed by atoms with Crippen molar-refractivity contribution in [1.82, 2.24) is 4.90 Å². The first kappa shape index (κ1) is 18.6. The summed E-state index contributed by atoms with van der Waals surface area (Å²) in [6, 6.07) is 10.1. The standard InChI is InChI=1S/C18H31NO3Si/c1-17(2)13-15(14-18(3,4)19(17)5)22-23(20-6,21-7)16-11-9-8-10-12-16/h8-12,15H,13-14H2,1-7H3. The van der Waals surface area contributed by atoms with Crippen LogP contribution >= 0.6 is 0 Å². The lowest BCUT2D eigenvalue weighted by molar-refractivity contribution is -0.0732. The van der Waals surface area contributed by atoms with Crippen molar-refractivity contribution in [2.24, 2.45) is 0 Å². The van der Waals surface area contributed by atoms with E-state index in [1.807, 2.05) is 30.3 Å². The van der Waals surface area contributed by atoms with Crippen molar-refractivity contribution in [1.29, 1.82) is 0 Å². The van der Waals surface area contributed by atoms with E-state index in [1.54, 1.807) is 14.2 Å². The molecule has 1 saturated heterocycles. The fourth-order valence-electron chi connectivity index (χ4n) is 3.71. The summed E-state index contributed by atoms with van der Waals surface area (Å²) in [6.45, 7) is 9.09. The van der Waals surface area contributed by atoms with Gasteiger partial charge in [-0.15, -0.1) is 0 Å². The minimum absolute atomic E-state index is 0.0741. The monoisotopic (exact) mass is 337 g/mol. The molecule has 5 heteroatoms. The fourth-order valence-corrected chi connectivity index (χ4v) is 5.88. The van der Waals surface area contributed by atoms with Crippen molar-refractivity contribution < 1.29 is 13.3 Å². The van der Waals surface area contributed by atoms with Crippen LogP contribution in [0.25, 0.3) is 0 Å². The SMILES string of the molecule is CO[Si](OC)(OC1CC(C)(C)N(C)C(C)(C)C1)c1ccccc1. The average Bonchev–Trinajstić information content (AvgIpc) is 2.51. The van der Waals surface area contributed by atoms with Gasteiger partial charge in [0.25, 0.3) is 0 Å². The fraction of sp³-hybridized carbons (Fsp3) is 0.667. The van der Waals surface area contributed by atoms with Gasteiger partial charge in [0.2, 0.25) is 0 Å². The van der Waals surface area contributed by atoms with Crippen LogP contribution in [0.3, 0.4) is 0 Å². The number of likely N-dealkylation sites (tertiary alicyclic amines) is 1. The second kappa shape index (κ2) is 6.65. The maximum atomic E-state index is 6.55. The third-order valence-electron chi connectivity index (χ3n) is 5.26. The van der Waals surface area contributed by atoms with Crippen LogP contribution in [0.4, 0.5) is 0 Å². The minimum atomic E-state index is -2.87. The van der Waals surface area contributed by atoms with E-state index in [0.717, 1.165) is 18.0 Å². The summed E-state index contributed by atoms with van der Waals surface area (Å²) in [4.78, 5) is 2.45. The summed E-state index contributed by atoms with van der Waals surface area (Å²) < 4.78 is 18.2. The Morgan fingerprint density at radius 1 is 0.957 bits per heavy atom. The maximum absolute atomic E-state index is 6.55. The van der Waals surface area contributed by atoms with Crippen LogP contribution in [0.15, 0.2) is 30.3 Å². The topological polar surface area (TPSA) is 30.9 Å². The predicted octanol–water partition coefficient (Wildman–Crippen LogP) is 2.79. The number of hydrogen-bond acceptors (Lipinski definition) is 4. The van der Waals surface area contributed by atoms with Gasteiger partial charge in [0, 0.05) is 30.5 Å². The van der Waals surface area contributed by atoms with Gasteiger partial charge < -0.3 is 13.3 Å². The van der Waals surface area contributed by atoms with Crippen molar-refractivity contribution in [3.63, 3.8) is 0 Å². The van der Waals surface area contributed by atoms with Crippen molar-refractivity contribution in [3.05, 3.63) is 30.3 Å². The van der Waals surface area contributed by atoms with E-state index in [0.29, 0.717) is 0 Å². The lowest BCUT2D eigenvalue weighted by Crippen LogP contribution is -2.64. The summed E-state index contributed by atoms with van der Waals surface area (Å²) in [6.07, 6.45) is 2.03. The van der Waals surface area contributed by atoms with Crippen molar-refractivity contribution in [2.75, 3.05) is 21.3 Å². The van der Waals surface area contributed by atoms with Gasteiger partial charge in [0.05, 0.1) is 6.10 Å². The Morgan fingerprint density at radius 3 is 1.87 bits per heavy atom. The van der Waals surface area contributed by atoms with Crippen LogP contribution in [0, 0.1) is 0 Å². The van der Waals surface area contributed by atoms with Crippen LogP contribution < -0.4 is 5.19 Å². The number of rotatable bonds is 5. The van der Waals surface area contributed by atoms with Gasteiger partial charge in [-0.3, -0.25) is 4.90 Å². The highest BCUT2D eigenvalue weighted by atomic mass is 28.4. The van der Waals surface area contributed by atoms with Crippen molar-refractivity contribution in [2.45, 2.75) is 57.7 Å². The zero-order valence-corrected chi connectivity index (χ0v) is 16.6. The highest BCUT2D eigenvalue weighted by Gasteiger charge is 2.49. The van der Waals surface area contributed by atoms with E-state index in [9.17, 15) is 0 Å². The molecule has 1 heterocycles. The quantitative estimate of drug-likeness (QED) is 0.773. The number of piperidine rings is 1. The van der Waals surface area contributed by atoms with Gasteiger partial charge in [0.1, 0.15) is 0 Å². The third kappa shape index (κ3) is 3.69. The third-order valence-corrected chi connectivity index (χ3v) is 8.02. The molecule has 1 aliphatic heterocycles. The van der Waals surface area contributed by atoms with Gasteiger partial charge in [-0.25, -0.2) is 0 Å². The molecule has 0 saturated carbocycles. The first-order valence-corrected chi connectivity index (χ1v) is 9.97. The molecule has 0 bridgehead atoms. The summed E-state index contributed by atoms with van der Waals surface area (Å²) in [7, 11) is 2.70. The molecule has 0 N–H and O–H groups in total. The second-order valence-corrected chi connectivity index (χ2v) is 10.4. The average molecular weight is 338 g/mol. The molecule has 1 fully saturated rings. The van der Waals surface area contributed by atoms with E-state index in [4.69, 9.17) is 13.3 Å². The van der Waals surface area contributed by atoms with Crippen LogP contribution in [0.5, 0.6) is 0 Å². The molecule has 0 atom stereocenters. The van der Waals surface area contributed by atoms with E-state index in [1.165, 1.54) is 0 Å². The number of nitrogens with zero attached hydrogens (tertiary/aromatic N) is 1. The van der Waals surface area contributed by atoms with E-state index >= 15 is 0 Å². The minimum Gasteiger partial charge on any atom is -0.373 e. The zero-order valence-electron chi connectivity index (χ0n) is 15.6. The van der Waals surface area contributed by atoms with Crippen LogP contribution in [0.1, 0.15) is 40.5 Å². The Bertz CT molecular complexity index is 496. The molecular formula is C18H31NO3Si. The summed E-state index contributed by atoms with van der Waals surface area (Å²) in [5.74, 6) is 0. The Kier molecular flexibility index (Phi) is 5.38. The van der Waals surface area contributed by atoms with E-state index in [-0.39, 0.29) is 17.2 Å². The Hall–Kier alpha value is -0.723. The Labute approximate surface area is 142 Å². The first-order chi connectivity index (χ1) is 10.7. The molecule has 0 amide bonds. The molecule has 130 valence electrons. The molecule has 0 aliphatic carbocycles. The van der Waals surface area contributed by atoms with Gasteiger partial charge in [0.15, 0.2) is 0 Å². The van der Waals surface area contributed by atoms with Gasteiger partial charge >= 0.3 is 8.80 Å². The largest absolute Gasteiger partial charge is 0.536 e.